The van der Waals surface area contributed by atoms with Gasteiger partial charge in [-0.25, -0.2) is 4.79 Å². The molecule has 1 fully saturated rings. The van der Waals surface area contributed by atoms with Crippen molar-refractivity contribution in [2.75, 3.05) is 13.1 Å². The third-order valence-electron chi connectivity index (χ3n) is 4.68. The van der Waals surface area contributed by atoms with E-state index in [4.69, 9.17) is 9.47 Å². The summed E-state index contributed by atoms with van der Waals surface area (Å²) in [7, 11) is 1.74. The average Bonchev–Trinajstić information content (AvgIpc) is 2.65. The number of pyridine rings is 1. The molecule has 0 radical (unpaired) electrons. The van der Waals surface area contributed by atoms with Crippen molar-refractivity contribution in [2.24, 2.45) is 7.05 Å². The second-order valence-corrected chi connectivity index (χ2v) is 6.57. The van der Waals surface area contributed by atoms with Crippen LogP contribution in [0.3, 0.4) is 0 Å². The molecular formula is C20H24N2O4. The topological polar surface area (TPSA) is 60.8 Å². The third-order valence-corrected chi connectivity index (χ3v) is 4.68. The van der Waals surface area contributed by atoms with Gasteiger partial charge < -0.3 is 18.9 Å². The Labute approximate surface area is 153 Å². The molecule has 2 aromatic rings. The molecule has 1 aliphatic heterocycles. The van der Waals surface area contributed by atoms with Crippen LogP contribution in [0.15, 0.2) is 47.3 Å². The number of aromatic nitrogens is 1. The maximum atomic E-state index is 12.2. The molecule has 0 N–H and O–H groups in total. The number of hydrogen-bond acceptors (Lipinski definition) is 4. The van der Waals surface area contributed by atoms with Gasteiger partial charge in [-0.15, -0.1) is 0 Å². The number of amides is 1. The molecule has 1 amide bonds. The van der Waals surface area contributed by atoms with Crippen molar-refractivity contribution < 1.29 is 14.3 Å². The molecule has 0 spiro atoms. The van der Waals surface area contributed by atoms with E-state index < -0.39 is 0 Å². The molecule has 6 heteroatoms. The second kappa shape index (κ2) is 8.08. The summed E-state index contributed by atoms with van der Waals surface area (Å²) in [6.07, 6.45) is 1.14. The first kappa shape index (κ1) is 18.0. The highest BCUT2D eigenvalue weighted by molar-refractivity contribution is 5.67. The largest absolute Gasteiger partial charge is 0.490 e. The van der Waals surface area contributed by atoms with Crippen LogP contribution in [0.25, 0.3) is 0 Å². The summed E-state index contributed by atoms with van der Waals surface area (Å²) in [4.78, 5) is 25.7. The minimum absolute atomic E-state index is 0.000297. The van der Waals surface area contributed by atoms with Crippen molar-refractivity contribution in [1.29, 1.82) is 0 Å². The summed E-state index contributed by atoms with van der Waals surface area (Å²) in [6.45, 7) is 3.33. The van der Waals surface area contributed by atoms with E-state index in [0.29, 0.717) is 31.7 Å². The van der Waals surface area contributed by atoms with Crippen molar-refractivity contribution in [2.45, 2.75) is 32.5 Å². The molecule has 3 rings (SSSR count). The van der Waals surface area contributed by atoms with Gasteiger partial charge >= 0.3 is 6.09 Å². The molecule has 138 valence electrons. The van der Waals surface area contributed by atoms with Gasteiger partial charge in [0.1, 0.15) is 18.5 Å². The number of likely N-dealkylation sites (tertiary alicyclic amines) is 1. The van der Waals surface area contributed by atoms with E-state index in [1.807, 2.05) is 43.3 Å². The lowest BCUT2D eigenvalue weighted by molar-refractivity contribution is 0.0637. The molecule has 26 heavy (non-hydrogen) atoms. The monoisotopic (exact) mass is 356 g/mol. The summed E-state index contributed by atoms with van der Waals surface area (Å²) in [5.74, 6) is 0.593. The van der Waals surface area contributed by atoms with Crippen LogP contribution < -0.4 is 10.3 Å². The maximum Gasteiger partial charge on any atom is 0.410 e. The van der Waals surface area contributed by atoms with E-state index in [2.05, 4.69) is 0 Å². The van der Waals surface area contributed by atoms with Gasteiger partial charge in [-0.05, 0) is 18.6 Å². The number of rotatable bonds is 4. The Morgan fingerprint density at radius 3 is 2.50 bits per heavy atom. The summed E-state index contributed by atoms with van der Waals surface area (Å²) in [5.41, 5.74) is 1.75. The number of aryl methyl sites for hydroxylation is 1. The Kier molecular flexibility index (Phi) is 5.61. The van der Waals surface area contributed by atoms with E-state index in [-0.39, 0.29) is 24.4 Å². The SMILES string of the molecule is Cc1cc(OC2CCN(C(=O)OCc3ccccc3)CC2)cc(=O)n1C. The van der Waals surface area contributed by atoms with E-state index in [9.17, 15) is 9.59 Å². The summed E-state index contributed by atoms with van der Waals surface area (Å²) >= 11 is 0. The van der Waals surface area contributed by atoms with Crippen LogP contribution >= 0.6 is 0 Å². The normalized spacial score (nSPS) is 14.9. The van der Waals surface area contributed by atoms with Crippen molar-refractivity contribution >= 4 is 6.09 Å². The van der Waals surface area contributed by atoms with Gasteiger partial charge in [0, 0.05) is 44.7 Å². The molecule has 1 aromatic heterocycles. The number of ether oxygens (including phenoxy) is 2. The minimum atomic E-state index is -0.295. The predicted octanol–water partition coefficient (Wildman–Crippen LogP) is 2.87. The zero-order valence-electron chi connectivity index (χ0n) is 15.2. The molecule has 1 aromatic carbocycles. The maximum absolute atomic E-state index is 12.2. The summed E-state index contributed by atoms with van der Waals surface area (Å²) in [5, 5.41) is 0. The Balaban J connectivity index is 1.48. The minimum Gasteiger partial charge on any atom is -0.490 e. The number of carbonyl (C=O) groups excluding carboxylic acids is 1. The molecule has 1 aliphatic rings. The van der Waals surface area contributed by atoms with Gasteiger partial charge in [0.05, 0.1) is 0 Å². The number of nitrogens with zero attached hydrogens (tertiary/aromatic N) is 2. The number of hydrogen-bond donors (Lipinski definition) is 0. The fraction of sp³-hybridized carbons (Fsp3) is 0.400. The molecule has 1 saturated heterocycles. The molecule has 0 atom stereocenters. The molecule has 0 saturated carbocycles. The van der Waals surface area contributed by atoms with Gasteiger partial charge in [-0.2, -0.15) is 0 Å². The van der Waals surface area contributed by atoms with E-state index in [1.165, 1.54) is 6.07 Å². The van der Waals surface area contributed by atoms with Crippen molar-refractivity contribution in [1.82, 2.24) is 9.47 Å². The van der Waals surface area contributed by atoms with Crippen LogP contribution in [0.5, 0.6) is 5.75 Å². The number of piperidine rings is 1. The highest BCUT2D eigenvalue weighted by Gasteiger charge is 2.25. The smallest absolute Gasteiger partial charge is 0.410 e. The summed E-state index contributed by atoms with van der Waals surface area (Å²) < 4.78 is 12.9. The van der Waals surface area contributed by atoms with Gasteiger partial charge in [0.15, 0.2) is 0 Å². The Morgan fingerprint density at radius 2 is 1.85 bits per heavy atom. The van der Waals surface area contributed by atoms with Crippen molar-refractivity contribution in [3.63, 3.8) is 0 Å². The first-order valence-corrected chi connectivity index (χ1v) is 8.83. The fourth-order valence-electron chi connectivity index (χ4n) is 2.96. The zero-order valence-corrected chi connectivity index (χ0v) is 15.2. The lowest BCUT2D eigenvalue weighted by Crippen LogP contribution is -2.42. The summed E-state index contributed by atoms with van der Waals surface area (Å²) in [6, 6.07) is 13.0. The molecular weight excluding hydrogens is 332 g/mol. The first-order chi connectivity index (χ1) is 12.5. The quantitative estimate of drug-likeness (QED) is 0.845. The highest BCUT2D eigenvalue weighted by Crippen LogP contribution is 2.19. The van der Waals surface area contributed by atoms with Crippen molar-refractivity contribution in [3.05, 3.63) is 64.1 Å². The highest BCUT2D eigenvalue weighted by atomic mass is 16.6. The number of carbonyl (C=O) groups is 1. The van der Waals surface area contributed by atoms with Crippen LogP contribution in [-0.2, 0) is 18.4 Å². The van der Waals surface area contributed by atoms with Gasteiger partial charge in [0.2, 0.25) is 0 Å². The number of benzene rings is 1. The lowest BCUT2D eigenvalue weighted by atomic mass is 10.1. The Morgan fingerprint density at radius 1 is 1.15 bits per heavy atom. The second-order valence-electron chi connectivity index (χ2n) is 6.57. The van der Waals surface area contributed by atoms with Crippen LogP contribution in [0.2, 0.25) is 0 Å². The van der Waals surface area contributed by atoms with E-state index in [0.717, 1.165) is 11.3 Å². The van der Waals surface area contributed by atoms with Gasteiger partial charge in [-0.1, -0.05) is 30.3 Å². The molecule has 2 heterocycles. The third kappa shape index (κ3) is 4.45. The zero-order chi connectivity index (χ0) is 18.5. The van der Waals surface area contributed by atoms with E-state index in [1.54, 1.807) is 16.5 Å². The molecule has 6 nitrogen and oxygen atoms in total. The van der Waals surface area contributed by atoms with Crippen LogP contribution in [0, 0.1) is 6.92 Å². The Hall–Kier alpha value is -2.76. The standard InChI is InChI=1S/C20H24N2O4/c1-15-12-18(13-19(23)21(15)2)26-17-8-10-22(11-9-17)20(24)25-14-16-6-4-3-5-7-16/h3-7,12-13,17H,8-11,14H2,1-2H3. The van der Waals surface area contributed by atoms with Crippen LogP contribution in [0.1, 0.15) is 24.1 Å². The molecule has 0 unspecified atom stereocenters. The van der Waals surface area contributed by atoms with Crippen LogP contribution in [0.4, 0.5) is 4.79 Å². The first-order valence-electron chi connectivity index (χ1n) is 8.83. The van der Waals surface area contributed by atoms with Gasteiger partial charge in [0.25, 0.3) is 5.56 Å². The Bertz CT molecular complexity index is 808. The van der Waals surface area contributed by atoms with Crippen molar-refractivity contribution in [3.8, 4) is 5.75 Å². The van der Waals surface area contributed by atoms with Gasteiger partial charge in [-0.3, -0.25) is 4.79 Å². The molecule has 0 bridgehead atoms. The lowest BCUT2D eigenvalue weighted by Gasteiger charge is -2.31. The average molecular weight is 356 g/mol. The predicted molar refractivity (Wildman–Crippen MR) is 98.3 cm³/mol. The molecule has 0 aliphatic carbocycles. The van der Waals surface area contributed by atoms with E-state index >= 15 is 0 Å². The van der Waals surface area contributed by atoms with Crippen LogP contribution in [-0.4, -0.2) is 34.8 Å². The fourth-order valence-corrected chi connectivity index (χ4v) is 2.96.